The Morgan fingerprint density at radius 2 is 2.25 bits per heavy atom. The minimum absolute atomic E-state index is 0.123. The minimum Gasteiger partial charge on any atom is -0.461 e. The molecule has 0 atom stereocenters. The van der Waals surface area contributed by atoms with Gasteiger partial charge in [0.05, 0.1) is 17.9 Å². The van der Waals surface area contributed by atoms with E-state index in [2.05, 4.69) is 25.7 Å². The second-order valence-electron chi connectivity index (χ2n) is 3.01. The third-order valence-corrected chi connectivity index (χ3v) is 2.69. The number of hydrogen-bond acceptors (Lipinski definition) is 3. The number of pyridine rings is 1. The molecule has 1 aromatic rings. The standard InChI is InChI=1S/C10H10BrF2NO2/c1-3-16-10(15)8-6(9(12)13)4-7(11)5(2)14-8/h4,9H,3H2,1-2H3. The number of ether oxygens (including phenoxy) is 1. The molecule has 0 aliphatic carbocycles. The SMILES string of the molecule is CCOC(=O)c1nc(C)c(Br)cc1C(F)F. The highest BCUT2D eigenvalue weighted by Gasteiger charge is 2.22. The van der Waals surface area contributed by atoms with Crippen molar-refractivity contribution in [3.8, 4) is 0 Å². The van der Waals surface area contributed by atoms with Gasteiger partial charge in [0.1, 0.15) is 0 Å². The summed E-state index contributed by atoms with van der Waals surface area (Å²) in [6, 6.07) is 1.19. The van der Waals surface area contributed by atoms with Gasteiger partial charge in [-0.2, -0.15) is 0 Å². The summed E-state index contributed by atoms with van der Waals surface area (Å²) < 4.78 is 30.4. The van der Waals surface area contributed by atoms with Crippen molar-refractivity contribution < 1.29 is 18.3 Å². The lowest BCUT2D eigenvalue weighted by Crippen LogP contribution is -2.12. The van der Waals surface area contributed by atoms with Crippen LogP contribution in [0.15, 0.2) is 10.5 Å². The summed E-state index contributed by atoms with van der Waals surface area (Å²) in [6.07, 6.45) is -2.76. The zero-order valence-electron chi connectivity index (χ0n) is 8.76. The minimum atomic E-state index is -2.76. The summed E-state index contributed by atoms with van der Waals surface area (Å²) in [5, 5.41) is 0. The lowest BCUT2D eigenvalue weighted by Gasteiger charge is -2.09. The number of carbonyl (C=O) groups is 1. The molecule has 88 valence electrons. The molecule has 0 radical (unpaired) electrons. The molecule has 0 aliphatic heterocycles. The second-order valence-corrected chi connectivity index (χ2v) is 3.87. The van der Waals surface area contributed by atoms with E-state index in [1.165, 1.54) is 6.07 Å². The van der Waals surface area contributed by atoms with Crippen LogP contribution in [0.3, 0.4) is 0 Å². The van der Waals surface area contributed by atoms with Crippen LogP contribution in [-0.2, 0) is 4.74 Å². The van der Waals surface area contributed by atoms with Gasteiger partial charge in [-0.15, -0.1) is 0 Å². The summed E-state index contributed by atoms with van der Waals surface area (Å²) >= 11 is 3.09. The lowest BCUT2D eigenvalue weighted by molar-refractivity contribution is 0.0507. The van der Waals surface area contributed by atoms with Gasteiger partial charge in [-0.1, -0.05) is 0 Å². The Morgan fingerprint density at radius 3 is 2.75 bits per heavy atom. The number of carbonyl (C=O) groups excluding carboxylic acids is 1. The molecule has 3 nitrogen and oxygen atoms in total. The maximum atomic E-state index is 12.7. The van der Waals surface area contributed by atoms with Crippen LogP contribution in [0.2, 0.25) is 0 Å². The molecule has 6 heteroatoms. The molecule has 0 saturated heterocycles. The van der Waals surface area contributed by atoms with Crippen molar-refractivity contribution in [1.82, 2.24) is 4.98 Å². The molecule has 0 N–H and O–H groups in total. The molecule has 0 amide bonds. The fraction of sp³-hybridized carbons (Fsp3) is 0.400. The van der Waals surface area contributed by atoms with E-state index in [4.69, 9.17) is 0 Å². The van der Waals surface area contributed by atoms with Crippen molar-refractivity contribution in [3.63, 3.8) is 0 Å². The average molecular weight is 294 g/mol. The van der Waals surface area contributed by atoms with Gasteiger partial charge in [0.15, 0.2) is 5.69 Å². The van der Waals surface area contributed by atoms with Gasteiger partial charge in [0.2, 0.25) is 0 Å². The van der Waals surface area contributed by atoms with Crippen LogP contribution in [0.1, 0.15) is 35.1 Å². The first-order valence-electron chi connectivity index (χ1n) is 4.59. The van der Waals surface area contributed by atoms with Crippen LogP contribution in [0.25, 0.3) is 0 Å². The van der Waals surface area contributed by atoms with Crippen molar-refractivity contribution >= 4 is 21.9 Å². The Hall–Kier alpha value is -1.04. The molecule has 1 aromatic heterocycles. The number of rotatable bonds is 3. The average Bonchev–Trinajstić information content (AvgIpc) is 2.21. The van der Waals surface area contributed by atoms with Crippen LogP contribution in [0.5, 0.6) is 0 Å². The number of halogens is 3. The zero-order valence-corrected chi connectivity index (χ0v) is 10.3. The molecule has 1 rings (SSSR count). The molecule has 16 heavy (non-hydrogen) atoms. The van der Waals surface area contributed by atoms with Gasteiger partial charge < -0.3 is 4.74 Å². The normalized spacial score (nSPS) is 10.6. The first-order valence-corrected chi connectivity index (χ1v) is 5.39. The Balaban J connectivity index is 3.24. The van der Waals surface area contributed by atoms with Gasteiger partial charge in [-0.3, -0.25) is 0 Å². The number of esters is 1. The number of nitrogens with zero attached hydrogens (tertiary/aromatic N) is 1. The van der Waals surface area contributed by atoms with E-state index in [-0.39, 0.29) is 12.3 Å². The summed E-state index contributed by atoms with van der Waals surface area (Å²) in [4.78, 5) is 15.2. The molecule has 0 aliphatic rings. The van der Waals surface area contributed by atoms with Crippen molar-refractivity contribution in [2.24, 2.45) is 0 Å². The maximum absolute atomic E-state index is 12.7. The molecule has 0 bridgehead atoms. The third kappa shape index (κ3) is 2.75. The van der Waals surface area contributed by atoms with E-state index in [1.54, 1.807) is 13.8 Å². The van der Waals surface area contributed by atoms with Gasteiger partial charge in [-0.05, 0) is 35.8 Å². The van der Waals surface area contributed by atoms with E-state index >= 15 is 0 Å². The zero-order chi connectivity index (χ0) is 12.3. The highest BCUT2D eigenvalue weighted by molar-refractivity contribution is 9.10. The Kier molecular flexibility index (Phi) is 4.35. The number of aromatic nitrogens is 1. The van der Waals surface area contributed by atoms with Crippen molar-refractivity contribution in [2.75, 3.05) is 6.61 Å². The van der Waals surface area contributed by atoms with E-state index in [1.807, 2.05) is 0 Å². The molecular weight excluding hydrogens is 284 g/mol. The highest BCUT2D eigenvalue weighted by Crippen LogP contribution is 2.27. The van der Waals surface area contributed by atoms with Gasteiger partial charge in [0, 0.05) is 4.47 Å². The predicted octanol–water partition coefficient (Wildman–Crippen LogP) is 3.27. The van der Waals surface area contributed by atoms with Crippen LogP contribution in [-0.4, -0.2) is 17.6 Å². The van der Waals surface area contributed by atoms with Gasteiger partial charge in [0.25, 0.3) is 6.43 Å². The molecular formula is C10H10BrF2NO2. The maximum Gasteiger partial charge on any atom is 0.357 e. The molecule has 1 heterocycles. The lowest BCUT2D eigenvalue weighted by atomic mass is 10.2. The summed E-state index contributed by atoms with van der Waals surface area (Å²) in [7, 11) is 0. The van der Waals surface area contributed by atoms with E-state index in [0.717, 1.165) is 0 Å². The predicted molar refractivity (Wildman–Crippen MR) is 57.6 cm³/mol. The molecule has 0 fully saturated rings. The van der Waals surface area contributed by atoms with Crippen molar-refractivity contribution in [3.05, 3.63) is 27.5 Å². The first kappa shape index (κ1) is 13.0. The third-order valence-electron chi connectivity index (χ3n) is 1.88. The molecule has 0 spiro atoms. The molecule has 0 unspecified atom stereocenters. The fourth-order valence-electron chi connectivity index (χ4n) is 1.12. The molecule has 0 aromatic carbocycles. The second kappa shape index (κ2) is 5.34. The van der Waals surface area contributed by atoms with Crippen LogP contribution in [0, 0.1) is 6.92 Å². The largest absolute Gasteiger partial charge is 0.461 e. The topological polar surface area (TPSA) is 39.2 Å². The monoisotopic (exact) mass is 293 g/mol. The van der Waals surface area contributed by atoms with Crippen LogP contribution >= 0.6 is 15.9 Å². The highest BCUT2D eigenvalue weighted by atomic mass is 79.9. The van der Waals surface area contributed by atoms with Gasteiger partial charge >= 0.3 is 5.97 Å². The number of hydrogen-bond donors (Lipinski definition) is 0. The Bertz CT molecular complexity index is 410. The summed E-state index contributed by atoms with van der Waals surface area (Å²) in [5.74, 6) is -0.826. The van der Waals surface area contributed by atoms with Crippen molar-refractivity contribution in [2.45, 2.75) is 20.3 Å². The van der Waals surface area contributed by atoms with Crippen LogP contribution in [0.4, 0.5) is 8.78 Å². The summed E-state index contributed by atoms with van der Waals surface area (Å²) in [5.41, 5.74) is -0.277. The fourth-order valence-corrected chi connectivity index (χ4v) is 1.46. The smallest absolute Gasteiger partial charge is 0.357 e. The number of aryl methyl sites for hydroxylation is 1. The van der Waals surface area contributed by atoms with E-state index < -0.39 is 18.0 Å². The molecule has 0 saturated carbocycles. The Morgan fingerprint density at radius 1 is 1.62 bits per heavy atom. The van der Waals surface area contributed by atoms with Crippen LogP contribution < -0.4 is 0 Å². The Labute approximate surface area is 99.9 Å². The van der Waals surface area contributed by atoms with Crippen molar-refractivity contribution in [1.29, 1.82) is 0 Å². The quantitative estimate of drug-likeness (QED) is 0.803. The van der Waals surface area contributed by atoms with E-state index in [9.17, 15) is 13.6 Å². The summed E-state index contributed by atoms with van der Waals surface area (Å²) in [6.45, 7) is 3.34. The van der Waals surface area contributed by atoms with Gasteiger partial charge in [-0.25, -0.2) is 18.6 Å². The van der Waals surface area contributed by atoms with E-state index in [0.29, 0.717) is 10.2 Å². The number of alkyl halides is 2. The first-order chi connectivity index (χ1) is 7.47.